The van der Waals surface area contributed by atoms with Gasteiger partial charge >= 0.3 is 0 Å². The first-order chi connectivity index (χ1) is 14.0. The number of amides is 2. The van der Waals surface area contributed by atoms with Crippen LogP contribution in [0.3, 0.4) is 0 Å². The van der Waals surface area contributed by atoms with Gasteiger partial charge in [0.2, 0.25) is 11.8 Å². The van der Waals surface area contributed by atoms with Crippen LogP contribution in [0.15, 0.2) is 48.5 Å². The molecule has 1 saturated heterocycles. The Balaban J connectivity index is 1.58. The van der Waals surface area contributed by atoms with Crippen LogP contribution in [0.25, 0.3) is 11.1 Å². The average Bonchev–Trinajstić information content (AvgIpc) is 3.49. The Morgan fingerprint density at radius 1 is 1.14 bits per heavy atom. The average molecular weight is 394 g/mol. The second-order valence-electron chi connectivity index (χ2n) is 8.31. The van der Waals surface area contributed by atoms with Gasteiger partial charge in [0.15, 0.2) is 0 Å². The largest absolute Gasteiger partial charge is 0.356 e. The summed E-state index contributed by atoms with van der Waals surface area (Å²) in [6, 6.07) is 14.5. The molecule has 5 heteroatoms. The van der Waals surface area contributed by atoms with E-state index < -0.39 is 5.41 Å². The predicted molar refractivity (Wildman–Crippen MR) is 111 cm³/mol. The van der Waals surface area contributed by atoms with Crippen LogP contribution >= 0.6 is 0 Å². The van der Waals surface area contributed by atoms with Crippen molar-refractivity contribution in [2.75, 3.05) is 19.6 Å². The summed E-state index contributed by atoms with van der Waals surface area (Å²) in [7, 11) is 0. The molecule has 1 atom stereocenters. The number of hydrogen-bond donors (Lipinski definition) is 1. The molecule has 152 valence electrons. The number of nitrogens with one attached hydrogen (secondary N) is 1. The van der Waals surface area contributed by atoms with E-state index in [1.54, 1.807) is 12.1 Å². The van der Waals surface area contributed by atoms with Gasteiger partial charge in [0, 0.05) is 25.6 Å². The van der Waals surface area contributed by atoms with Crippen molar-refractivity contribution in [2.24, 2.45) is 11.3 Å². The highest BCUT2D eigenvalue weighted by Crippen LogP contribution is 2.39. The first-order valence-corrected chi connectivity index (χ1v) is 10.4. The number of carbonyl (C=O) groups excluding carboxylic acids is 2. The Morgan fingerprint density at radius 2 is 1.90 bits per heavy atom. The number of hydrogen-bond acceptors (Lipinski definition) is 2. The van der Waals surface area contributed by atoms with E-state index in [0.29, 0.717) is 32.5 Å². The third kappa shape index (κ3) is 4.19. The van der Waals surface area contributed by atoms with Crippen LogP contribution in [-0.4, -0.2) is 36.3 Å². The van der Waals surface area contributed by atoms with Crippen molar-refractivity contribution in [3.05, 3.63) is 59.9 Å². The molecule has 1 aliphatic heterocycles. The quantitative estimate of drug-likeness (QED) is 0.810. The molecule has 29 heavy (non-hydrogen) atoms. The minimum atomic E-state index is -0.595. The van der Waals surface area contributed by atoms with Gasteiger partial charge in [-0.25, -0.2) is 4.39 Å². The molecule has 0 spiro atoms. The second-order valence-corrected chi connectivity index (χ2v) is 8.31. The van der Waals surface area contributed by atoms with E-state index in [1.807, 2.05) is 30.0 Å². The summed E-state index contributed by atoms with van der Waals surface area (Å²) in [6.07, 6.45) is 3.22. The summed E-state index contributed by atoms with van der Waals surface area (Å²) in [5.41, 5.74) is 2.40. The molecule has 1 aliphatic carbocycles. The van der Waals surface area contributed by atoms with Gasteiger partial charge in [0.05, 0.1) is 5.41 Å². The normalized spacial score (nSPS) is 21.2. The number of rotatable bonds is 6. The first-order valence-electron chi connectivity index (χ1n) is 10.4. The van der Waals surface area contributed by atoms with Crippen molar-refractivity contribution in [2.45, 2.75) is 32.6 Å². The van der Waals surface area contributed by atoms with Crippen LogP contribution in [0.4, 0.5) is 4.39 Å². The molecule has 1 saturated carbocycles. The SMILES string of the molecule is CCNC(=O)C1(Cc2cccc(-c3ccc(F)cc3)c2)CCN(C(=O)C2CC2)C1. The molecule has 4 nitrogen and oxygen atoms in total. The van der Waals surface area contributed by atoms with Crippen LogP contribution in [0.1, 0.15) is 31.7 Å². The lowest BCUT2D eigenvalue weighted by molar-refractivity contribution is -0.134. The molecular formula is C24H27FN2O2. The number of halogens is 1. The van der Waals surface area contributed by atoms with Gasteiger partial charge in [-0.2, -0.15) is 0 Å². The van der Waals surface area contributed by atoms with Crippen LogP contribution in [0.5, 0.6) is 0 Å². The Morgan fingerprint density at radius 3 is 2.59 bits per heavy atom. The van der Waals surface area contributed by atoms with E-state index in [0.717, 1.165) is 29.5 Å². The van der Waals surface area contributed by atoms with E-state index in [2.05, 4.69) is 11.4 Å². The lowest BCUT2D eigenvalue weighted by Gasteiger charge is -2.28. The molecule has 1 unspecified atom stereocenters. The van der Waals surface area contributed by atoms with E-state index in [1.165, 1.54) is 12.1 Å². The highest BCUT2D eigenvalue weighted by molar-refractivity contribution is 5.87. The summed E-state index contributed by atoms with van der Waals surface area (Å²) in [6.45, 7) is 3.62. The summed E-state index contributed by atoms with van der Waals surface area (Å²) >= 11 is 0. The summed E-state index contributed by atoms with van der Waals surface area (Å²) in [4.78, 5) is 27.5. The lowest BCUT2D eigenvalue weighted by Crippen LogP contribution is -2.45. The maximum Gasteiger partial charge on any atom is 0.228 e. The predicted octanol–water partition coefficient (Wildman–Crippen LogP) is 3.80. The molecule has 4 rings (SSSR count). The minimum Gasteiger partial charge on any atom is -0.356 e. The Kier molecular flexibility index (Phi) is 5.39. The summed E-state index contributed by atoms with van der Waals surface area (Å²) in [5, 5.41) is 2.99. The van der Waals surface area contributed by atoms with E-state index in [4.69, 9.17) is 0 Å². The fourth-order valence-corrected chi connectivity index (χ4v) is 4.30. The van der Waals surface area contributed by atoms with Crippen molar-refractivity contribution >= 4 is 11.8 Å². The highest BCUT2D eigenvalue weighted by Gasteiger charge is 2.47. The van der Waals surface area contributed by atoms with Crippen LogP contribution < -0.4 is 5.32 Å². The molecule has 0 bridgehead atoms. The van der Waals surface area contributed by atoms with Crippen molar-refractivity contribution in [3.63, 3.8) is 0 Å². The molecule has 2 aromatic carbocycles. The molecule has 0 radical (unpaired) electrons. The number of nitrogens with zero attached hydrogens (tertiary/aromatic N) is 1. The highest BCUT2D eigenvalue weighted by atomic mass is 19.1. The van der Waals surface area contributed by atoms with Crippen molar-refractivity contribution < 1.29 is 14.0 Å². The molecule has 0 aromatic heterocycles. The molecular weight excluding hydrogens is 367 g/mol. The lowest BCUT2D eigenvalue weighted by atomic mass is 9.79. The molecule has 2 fully saturated rings. The van der Waals surface area contributed by atoms with Gasteiger partial charge in [0.25, 0.3) is 0 Å². The molecule has 1 N–H and O–H groups in total. The monoisotopic (exact) mass is 394 g/mol. The van der Waals surface area contributed by atoms with E-state index in [9.17, 15) is 14.0 Å². The van der Waals surface area contributed by atoms with Gasteiger partial charge in [-0.1, -0.05) is 36.4 Å². The number of benzene rings is 2. The molecule has 2 amide bonds. The standard InChI is InChI=1S/C24H27FN2O2/c1-2-26-23(29)24(12-13-27(16-24)22(28)19-6-7-19)15-17-4-3-5-20(14-17)18-8-10-21(25)11-9-18/h3-5,8-11,14,19H,2,6-7,12-13,15-16H2,1H3,(H,26,29). The fourth-order valence-electron chi connectivity index (χ4n) is 4.30. The van der Waals surface area contributed by atoms with Crippen LogP contribution in [0, 0.1) is 17.2 Å². The Labute approximate surface area is 171 Å². The van der Waals surface area contributed by atoms with Crippen molar-refractivity contribution in [1.82, 2.24) is 10.2 Å². The maximum atomic E-state index is 13.3. The summed E-state index contributed by atoms with van der Waals surface area (Å²) < 4.78 is 13.3. The third-order valence-electron chi connectivity index (χ3n) is 6.06. The van der Waals surface area contributed by atoms with E-state index >= 15 is 0 Å². The molecule has 2 aliphatic rings. The van der Waals surface area contributed by atoms with E-state index in [-0.39, 0.29) is 23.5 Å². The minimum absolute atomic E-state index is 0.0262. The number of likely N-dealkylation sites (tertiary alicyclic amines) is 1. The smallest absolute Gasteiger partial charge is 0.228 e. The van der Waals surface area contributed by atoms with Gasteiger partial charge in [-0.3, -0.25) is 9.59 Å². The van der Waals surface area contributed by atoms with Crippen LogP contribution in [-0.2, 0) is 16.0 Å². The molecule has 1 heterocycles. The zero-order valence-corrected chi connectivity index (χ0v) is 16.8. The third-order valence-corrected chi connectivity index (χ3v) is 6.06. The summed E-state index contributed by atoms with van der Waals surface area (Å²) in [5.74, 6) is 0.142. The second kappa shape index (κ2) is 7.97. The fraction of sp³-hybridized carbons (Fsp3) is 0.417. The zero-order valence-electron chi connectivity index (χ0n) is 16.8. The van der Waals surface area contributed by atoms with Crippen molar-refractivity contribution in [3.8, 4) is 11.1 Å². The Bertz CT molecular complexity index is 907. The van der Waals surface area contributed by atoms with Crippen LogP contribution in [0.2, 0.25) is 0 Å². The number of carbonyl (C=O) groups is 2. The van der Waals surface area contributed by atoms with Crippen molar-refractivity contribution in [1.29, 1.82) is 0 Å². The van der Waals surface area contributed by atoms with Gasteiger partial charge in [-0.15, -0.1) is 0 Å². The topological polar surface area (TPSA) is 49.4 Å². The maximum absolute atomic E-state index is 13.3. The first kappa shape index (κ1) is 19.6. The molecule has 2 aromatic rings. The van der Waals surface area contributed by atoms with Gasteiger partial charge < -0.3 is 10.2 Å². The van der Waals surface area contributed by atoms with Gasteiger partial charge in [0.1, 0.15) is 5.82 Å². The zero-order chi connectivity index (χ0) is 20.4. The van der Waals surface area contributed by atoms with Gasteiger partial charge in [-0.05, 0) is 61.4 Å². The Hall–Kier alpha value is -2.69.